The molecule has 6 rings (SSSR count). The van der Waals surface area contributed by atoms with Gasteiger partial charge in [0.15, 0.2) is 0 Å². The molecule has 0 unspecified atom stereocenters. The fourth-order valence-corrected chi connectivity index (χ4v) is 4.48. The molecule has 0 aliphatic carbocycles. The van der Waals surface area contributed by atoms with Crippen molar-refractivity contribution < 1.29 is 0 Å². The molecule has 0 atom stereocenters. The van der Waals surface area contributed by atoms with Crippen molar-refractivity contribution in [2.75, 3.05) is 0 Å². The number of hydrogen-bond acceptors (Lipinski definition) is 2. The van der Waals surface area contributed by atoms with E-state index < -0.39 is 0 Å². The van der Waals surface area contributed by atoms with E-state index in [-0.39, 0.29) is 0 Å². The van der Waals surface area contributed by atoms with E-state index in [1.807, 2.05) is 13.0 Å². The Morgan fingerprint density at radius 3 is 2.06 bits per heavy atom. The SMILES string of the molecule is Cc1nc(-c2ccccc2)c2cc(-c3ccc4ccccc4c3)c3ccccc3c2n1. The van der Waals surface area contributed by atoms with Crippen LogP contribution in [0.5, 0.6) is 0 Å². The van der Waals surface area contributed by atoms with Crippen molar-refractivity contribution in [3.8, 4) is 22.4 Å². The highest BCUT2D eigenvalue weighted by molar-refractivity contribution is 6.15. The Labute approximate surface area is 180 Å². The van der Waals surface area contributed by atoms with E-state index in [2.05, 4.69) is 97.1 Å². The summed E-state index contributed by atoms with van der Waals surface area (Å²) >= 11 is 0. The van der Waals surface area contributed by atoms with Gasteiger partial charge in [-0.3, -0.25) is 0 Å². The first-order chi connectivity index (χ1) is 15.3. The summed E-state index contributed by atoms with van der Waals surface area (Å²) in [5, 5.41) is 5.94. The minimum Gasteiger partial charge on any atom is -0.233 e. The van der Waals surface area contributed by atoms with Gasteiger partial charge in [0.25, 0.3) is 0 Å². The van der Waals surface area contributed by atoms with E-state index in [4.69, 9.17) is 9.97 Å². The molecular weight excluding hydrogens is 376 g/mol. The second-order valence-electron chi connectivity index (χ2n) is 7.91. The van der Waals surface area contributed by atoms with Crippen LogP contribution in [0.15, 0.2) is 103 Å². The van der Waals surface area contributed by atoms with Crippen LogP contribution < -0.4 is 0 Å². The first kappa shape index (κ1) is 17.8. The summed E-state index contributed by atoms with van der Waals surface area (Å²) in [7, 11) is 0. The lowest BCUT2D eigenvalue weighted by Crippen LogP contribution is -1.96. The Balaban J connectivity index is 1.74. The number of hydrogen-bond donors (Lipinski definition) is 0. The van der Waals surface area contributed by atoms with Gasteiger partial charge in [-0.2, -0.15) is 0 Å². The molecule has 6 aromatic rings. The van der Waals surface area contributed by atoms with Crippen molar-refractivity contribution in [1.29, 1.82) is 0 Å². The molecule has 0 radical (unpaired) electrons. The standard InChI is InChI=1S/C29H20N2/c1-19-30-28(21-10-3-2-4-11-21)27-18-26(24-13-7-8-14-25(24)29(27)31-19)23-16-15-20-9-5-6-12-22(20)17-23/h2-18H,1H3. The smallest absolute Gasteiger partial charge is 0.126 e. The van der Waals surface area contributed by atoms with E-state index in [9.17, 15) is 0 Å². The van der Waals surface area contributed by atoms with Gasteiger partial charge < -0.3 is 0 Å². The van der Waals surface area contributed by atoms with Crippen molar-refractivity contribution in [3.05, 3.63) is 109 Å². The van der Waals surface area contributed by atoms with Crippen LogP contribution in [0.1, 0.15) is 5.82 Å². The monoisotopic (exact) mass is 396 g/mol. The van der Waals surface area contributed by atoms with E-state index in [0.29, 0.717) is 0 Å². The van der Waals surface area contributed by atoms with E-state index >= 15 is 0 Å². The van der Waals surface area contributed by atoms with Crippen molar-refractivity contribution in [2.24, 2.45) is 0 Å². The molecule has 0 saturated carbocycles. The van der Waals surface area contributed by atoms with Crippen LogP contribution in [0, 0.1) is 6.92 Å². The lowest BCUT2D eigenvalue weighted by Gasteiger charge is -2.14. The maximum absolute atomic E-state index is 4.86. The Hall–Kier alpha value is -4.04. The Morgan fingerprint density at radius 1 is 0.516 bits per heavy atom. The summed E-state index contributed by atoms with van der Waals surface area (Å²) in [5.74, 6) is 0.787. The molecule has 0 amide bonds. The Bertz CT molecular complexity index is 1580. The lowest BCUT2D eigenvalue weighted by molar-refractivity contribution is 1.10. The van der Waals surface area contributed by atoms with Crippen LogP contribution >= 0.6 is 0 Å². The Kier molecular flexibility index (Phi) is 4.03. The number of fused-ring (bicyclic) bond motifs is 4. The van der Waals surface area contributed by atoms with Crippen LogP contribution in [-0.2, 0) is 0 Å². The molecule has 0 N–H and O–H groups in total. The van der Waals surface area contributed by atoms with Gasteiger partial charge in [0.05, 0.1) is 11.2 Å². The molecule has 0 fully saturated rings. The normalized spacial score (nSPS) is 11.4. The van der Waals surface area contributed by atoms with Gasteiger partial charge in [0.1, 0.15) is 5.82 Å². The Morgan fingerprint density at radius 2 is 1.23 bits per heavy atom. The first-order valence-corrected chi connectivity index (χ1v) is 10.5. The molecule has 2 heteroatoms. The summed E-state index contributed by atoms with van der Waals surface area (Å²) < 4.78 is 0. The van der Waals surface area contributed by atoms with Crippen LogP contribution in [-0.4, -0.2) is 9.97 Å². The zero-order valence-electron chi connectivity index (χ0n) is 17.2. The van der Waals surface area contributed by atoms with E-state index in [0.717, 1.165) is 33.4 Å². The van der Waals surface area contributed by atoms with Gasteiger partial charge >= 0.3 is 0 Å². The van der Waals surface area contributed by atoms with Crippen molar-refractivity contribution >= 4 is 32.4 Å². The van der Waals surface area contributed by atoms with Gasteiger partial charge in [-0.1, -0.05) is 91.0 Å². The molecule has 0 aliphatic rings. The first-order valence-electron chi connectivity index (χ1n) is 10.5. The molecule has 5 aromatic carbocycles. The van der Waals surface area contributed by atoms with Gasteiger partial charge in [-0.15, -0.1) is 0 Å². The predicted octanol–water partition coefficient (Wildman–Crippen LogP) is 7.58. The quantitative estimate of drug-likeness (QED) is 0.282. The minimum absolute atomic E-state index is 0.787. The lowest BCUT2D eigenvalue weighted by atomic mass is 9.92. The fraction of sp³-hybridized carbons (Fsp3) is 0.0345. The molecule has 1 heterocycles. The van der Waals surface area contributed by atoms with Crippen LogP contribution in [0.3, 0.4) is 0 Å². The molecule has 0 bridgehead atoms. The number of aromatic nitrogens is 2. The van der Waals surface area contributed by atoms with E-state index in [1.165, 1.54) is 27.3 Å². The minimum atomic E-state index is 0.787. The van der Waals surface area contributed by atoms with Crippen molar-refractivity contribution in [1.82, 2.24) is 9.97 Å². The predicted molar refractivity (Wildman–Crippen MR) is 130 cm³/mol. The highest BCUT2D eigenvalue weighted by atomic mass is 14.9. The number of aryl methyl sites for hydroxylation is 1. The summed E-state index contributed by atoms with van der Waals surface area (Å²) in [6.45, 7) is 1.97. The second kappa shape index (κ2) is 7.03. The second-order valence-corrected chi connectivity index (χ2v) is 7.91. The highest BCUT2D eigenvalue weighted by Crippen LogP contribution is 2.38. The fourth-order valence-electron chi connectivity index (χ4n) is 4.48. The van der Waals surface area contributed by atoms with Gasteiger partial charge in [0, 0.05) is 16.3 Å². The largest absolute Gasteiger partial charge is 0.233 e. The highest BCUT2D eigenvalue weighted by Gasteiger charge is 2.15. The molecular formula is C29H20N2. The van der Waals surface area contributed by atoms with Crippen molar-refractivity contribution in [3.63, 3.8) is 0 Å². The van der Waals surface area contributed by atoms with Crippen LogP contribution in [0.25, 0.3) is 54.8 Å². The third-order valence-electron chi connectivity index (χ3n) is 5.93. The molecule has 0 aliphatic heterocycles. The molecule has 2 nitrogen and oxygen atoms in total. The summed E-state index contributed by atoms with van der Waals surface area (Å²) in [4.78, 5) is 9.72. The average molecular weight is 396 g/mol. The van der Waals surface area contributed by atoms with Crippen LogP contribution in [0.4, 0.5) is 0 Å². The molecule has 0 saturated heterocycles. The van der Waals surface area contributed by atoms with Gasteiger partial charge in [0.2, 0.25) is 0 Å². The van der Waals surface area contributed by atoms with Crippen molar-refractivity contribution in [2.45, 2.75) is 6.92 Å². The third-order valence-corrected chi connectivity index (χ3v) is 5.93. The molecule has 0 spiro atoms. The van der Waals surface area contributed by atoms with Crippen LogP contribution in [0.2, 0.25) is 0 Å². The van der Waals surface area contributed by atoms with Gasteiger partial charge in [-0.05, 0) is 46.3 Å². The molecule has 146 valence electrons. The third kappa shape index (κ3) is 2.96. The molecule has 31 heavy (non-hydrogen) atoms. The molecule has 1 aromatic heterocycles. The average Bonchev–Trinajstić information content (AvgIpc) is 2.83. The zero-order valence-corrected chi connectivity index (χ0v) is 17.2. The summed E-state index contributed by atoms with van der Waals surface area (Å²) in [6.07, 6.45) is 0. The number of rotatable bonds is 2. The van der Waals surface area contributed by atoms with Gasteiger partial charge in [-0.25, -0.2) is 9.97 Å². The maximum Gasteiger partial charge on any atom is 0.126 e. The maximum atomic E-state index is 4.86. The number of benzene rings is 5. The van der Waals surface area contributed by atoms with E-state index in [1.54, 1.807) is 0 Å². The number of nitrogens with zero attached hydrogens (tertiary/aromatic N) is 2. The topological polar surface area (TPSA) is 25.8 Å². The summed E-state index contributed by atoms with van der Waals surface area (Å²) in [5.41, 5.74) is 5.51. The summed E-state index contributed by atoms with van der Waals surface area (Å²) in [6, 6.07) is 36.4. The zero-order chi connectivity index (χ0) is 20.8.